The molecule has 0 bridgehead atoms. The highest BCUT2D eigenvalue weighted by atomic mass is 32.2. The van der Waals surface area contributed by atoms with E-state index in [0.29, 0.717) is 5.25 Å². The monoisotopic (exact) mass is 330 g/mol. The van der Waals surface area contributed by atoms with Gasteiger partial charge in [0, 0.05) is 19.3 Å². The zero-order valence-corrected chi connectivity index (χ0v) is 14.5. The second kappa shape index (κ2) is 8.87. The molecule has 0 aromatic heterocycles. The Morgan fingerprint density at radius 2 is 1.82 bits per heavy atom. The third-order valence-electron chi connectivity index (χ3n) is 3.19. The van der Waals surface area contributed by atoms with Gasteiger partial charge in [0.15, 0.2) is 0 Å². The number of hydrogen-bond donors (Lipinski definition) is 2. The first-order valence-corrected chi connectivity index (χ1v) is 8.43. The van der Waals surface area contributed by atoms with Crippen LogP contribution in [0.5, 0.6) is 0 Å². The molecule has 0 aliphatic heterocycles. The number of hydrogen-bond acceptors (Lipinski definition) is 5. The number of nitrogens with zero attached hydrogens (tertiary/aromatic N) is 2. The van der Waals surface area contributed by atoms with E-state index in [1.165, 1.54) is 50.2 Å². The fourth-order valence-corrected chi connectivity index (χ4v) is 3.03. The maximum absolute atomic E-state index is 12.3. The van der Waals surface area contributed by atoms with E-state index in [1.54, 1.807) is 13.8 Å². The molecule has 1 rings (SSSR count). The minimum Gasteiger partial charge on any atom is -0.462 e. The minimum atomic E-state index is -0.639. The second-order valence-corrected chi connectivity index (χ2v) is 6.88. The number of carbonyl (C=O) groups excluding carboxylic acids is 2. The van der Waals surface area contributed by atoms with Crippen molar-refractivity contribution < 1.29 is 14.3 Å². The molecule has 126 valence electrons. The lowest BCUT2D eigenvalue weighted by atomic mass is 10.0. The molecule has 0 unspecified atom stereocenters. The molecule has 0 aromatic carbocycles. The summed E-state index contributed by atoms with van der Waals surface area (Å²) in [4.78, 5) is 26.4. The lowest BCUT2D eigenvalue weighted by Crippen LogP contribution is -2.51. The van der Waals surface area contributed by atoms with Crippen molar-refractivity contribution in [3.63, 3.8) is 0 Å². The number of urea groups is 2. The van der Waals surface area contributed by atoms with Crippen LogP contribution in [-0.4, -0.2) is 53.3 Å². The van der Waals surface area contributed by atoms with Crippen LogP contribution in [0.3, 0.4) is 0 Å². The summed E-state index contributed by atoms with van der Waals surface area (Å²) in [6.45, 7) is 3.48. The molecule has 8 heteroatoms. The molecule has 7 nitrogen and oxygen atoms in total. The maximum atomic E-state index is 12.3. The van der Waals surface area contributed by atoms with Crippen LogP contribution in [0.25, 0.3) is 0 Å². The van der Waals surface area contributed by atoms with Crippen molar-refractivity contribution in [1.82, 2.24) is 14.5 Å². The second-order valence-electron chi connectivity index (χ2n) is 5.77. The molecule has 22 heavy (non-hydrogen) atoms. The van der Waals surface area contributed by atoms with Gasteiger partial charge in [-0.3, -0.25) is 10.1 Å². The van der Waals surface area contributed by atoms with Gasteiger partial charge in [0.1, 0.15) is 0 Å². The smallest absolute Gasteiger partial charge is 0.343 e. The van der Waals surface area contributed by atoms with Crippen LogP contribution < -0.4 is 4.72 Å². The van der Waals surface area contributed by atoms with Gasteiger partial charge in [-0.25, -0.2) is 9.59 Å². The Hall–Kier alpha value is -1.44. The van der Waals surface area contributed by atoms with Gasteiger partial charge in [0.05, 0.1) is 6.10 Å². The summed E-state index contributed by atoms with van der Waals surface area (Å²) >= 11 is 1.34. The van der Waals surface area contributed by atoms with Crippen LogP contribution in [0, 0.1) is 5.41 Å². The first kappa shape index (κ1) is 18.6. The Morgan fingerprint density at radius 1 is 1.23 bits per heavy atom. The number of amidine groups is 1. The van der Waals surface area contributed by atoms with Gasteiger partial charge in [-0.15, -0.1) is 0 Å². The van der Waals surface area contributed by atoms with Crippen LogP contribution in [-0.2, 0) is 4.74 Å². The molecule has 1 saturated carbocycles. The van der Waals surface area contributed by atoms with Crippen molar-refractivity contribution in [1.29, 1.82) is 5.41 Å². The van der Waals surface area contributed by atoms with Crippen LogP contribution in [0.2, 0.25) is 0 Å². The molecular weight excluding hydrogens is 304 g/mol. The van der Waals surface area contributed by atoms with E-state index in [0.717, 1.165) is 17.7 Å². The van der Waals surface area contributed by atoms with Crippen molar-refractivity contribution in [3.05, 3.63) is 0 Å². The van der Waals surface area contributed by atoms with Crippen LogP contribution in [0.1, 0.15) is 46.0 Å². The predicted molar refractivity (Wildman–Crippen MR) is 87.9 cm³/mol. The average Bonchev–Trinajstić information content (AvgIpc) is 2.45. The Balaban J connectivity index is 2.66. The largest absolute Gasteiger partial charge is 0.462 e. The Labute approximate surface area is 136 Å². The molecule has 1 fully saturated rings. The molecule has 0 heterocycles. The summed E-state index contributed by atoms with van der Waals surface area (Å²) in [5, 5.41) is 8.21. The standard InChI is InChI=1S/C14H26N4O3S/c1-10(2)21-12(15)18(14(20)17(3)4)13(19)16-22-11-8-6-5-7-9-11/h10-11,15H,5-9H2,1-4H3,(H,16,19). The molecule has 0 aromatic rings. The molecule has 0 spiro atoms. The van der Waals surface area contributed by atoms with Gasteiger partial charge < -0.3 is 9.64 Å². The van der Waals surface area contributed by atoms with Crippen LogP contribution >= 0.6 is 11.9 Å². The summed E-state index contributed by atoms with van der Waals surface area (Å²) in [5.74, 6) is 0. The lowest BCUT2D eigenvalue weighted by molar-refractivity contribution is 0.158. The zero-order valence-electron chi connectivity index (χ0n) is 13.7. The van der Waals surface area contributed by atoms with E-state index in [-0.39, 0.29) is 6.10 Å². The molecule has 2 N–H and O–H groups in total. The minimum absolute atomic E-state index is 0.288. The normalized spacial score (nSPS) is 15.3. The van der Waals surface area contributed by atoms with E-state index in [4.69, 9.17) is 10.1 Å². The van der Waals surface area contributed by atoms with Crippen LogP contribution in [0.15, 0.2) is 0 Å². The summed E-state index contributed by atoms with van der Waals surface area (Å²) in [6.07, 6.45) is 5.41. The highest BCUT2D eigenvalue weighted by Gasteiger charge is 2.30. The van der Waals surface area contributed by atoms with Gasteiger partial charge in [-0.2, -0.15) is 4.90 Å². The summed E-state index contributed by atoms with van der Waals surface area (Å²) < 4.78 is 7.87. The molecular formula is C14H26N4O3S. The van der Waals surface area contributed by atoms with Crippen molar-refractivity contribution in [2.24, 2.45) is 0 Å². The van der Waals surface area contributed by atoms with E-state index in [2.05, 4.69) is 4.72 Å². The molecule has 0 atom stereocenters. The third kappa shape index (κ3) is 5.75. The number of carbonyl (C=O) groups is 2. The molecule has 1 aliphatic rings. The fourth-order valence-electron chi connectivity index (χ4n) is 2.10. The quantitative estimate of drug-likeness (QED) is 0.473. The van der Waals surface area contributed by atoms with Crippen molar-refractivity contribution in [3.8, 4) is 0 Å². The molecule has 4 amide bonds. The average molecular weight is 330 g/mol. The Kier molecular flexibility index (Phi) is 7.50. The SMILES string of the molecule is CC(C)OC(=N)N(C(=O)NSC1CCCCC1)C(=O)N(C)C. The Morgan fingerprint density at radius 3 is 2.32 bits per heavy atom. The Bertz CT molecular complexity index is 409. The van der Waals surface area contributed by atoms with E-state index >= 15 is 0 Å². The lowest BCUT2D eigenvalue weighted by Gasteiger charge is -2.26. The van der Waals surface area contributed by atoms with E-state index in [1.807, 2.05) is 0 Å². The van der Waals surface area contributed by atoms with Crippen molar-refractivity contribution >= 4 is 30.0 Å². The first-order chi connectivity index (χ1) is 10.3. The maximum Gasteiger partial charge on any atom is 0.343 e. The predicted octanol–water partition coefficient (Wildman–Crippen LogP) is 3.02. The number of nitrogens with one attached hydrogen (secondary N) is 2. The molecule has 0 saturated heterocycles. The van der Waals surface area contributed by atoms with Crippen molar-refractivity contribution in [2.75, 3.05) is 14.1 Å². The van der Waals surface area contributed by atoms with Gasteiger partial charge in [-0.1, -0.05) is 19.3 Å². The summed E-state index contributed by atoms with van der Waals surface area (Å²) in [5.41, 5.74) is 0. The van der Waals surface area contributed by atoms with E-state index < -0.39 is 18.1 Å². The van der Waals surface area contributed by atoms with Crippen LogP contribution in [0.4, 0.5) is 9.59 Å². The summed E-state index contributed by atoms with van der Waals surface area (Å²) in [7, 11) is 3.05. The highest BCUT2D eigenvalue weighted by Crippen LogP contribution is 2.26. The summed E-state index contributed by atoms with van der Waals surface area (Å²) in [6, 6.07) is -1.71. The zero-order chi connectivity index (χ0) is 16.7. The number of amides is 4. The van der Waals surface area contributed by atoms with Gasteiger partial charge >= 0.3 is 18.1 Å². The highest BCUT2D eigenvalue weighted by molar-refractivity contribution is 7.98. The van der Waals surface area contributed by atoms with Crippen molar-refractivity contribution in [2.45, 2.75) is 57.3 Å². The van der Waals surface area contributed by atoms with Gasteiger partial charge in [-0.05, 0) is 38.6 Å². The topological polar surface area (TPSA) is 85.7 Å². The number of imide groups is 1. The molecule has 0 radical (unpaired) electrons. The van der Waals surface area contributed by atoms with E-state index in [9.17, 15) is 9.59 Å². The van der Waals surface area contributed by atoms with Gasteiger partial charge in [0.25, 0.3) is 0 Å². The third-order valence-corrected chi connectivity index (χ3v) is 4.29. The molecule has 1 aliphatic carbocycles. The van der Waals surface area contributed by atoms with Gasteiger partial charge in [0.2, 0.25) is 0 Å². The first-order valence-electron chi connectivity index (χ1n) is 7.55. The number of rotatable bonds is 3. The number of ether oxygens (including phenoxy) is 1. The fraction of sp³-hybridized carbons (Fsp3) is 0.786.